The Morgan fingerprint density at radius 2 is 1.90 bits per heavy atom. The predicted molar refractivity (Wildman–Crippen MR) is 121 cm³/mol. The second-order valence-corrected chi connectivity index (χ2v) is 9.40. The van der Waals surface area contributed by atoms with Crippen LogP contribution in [0.25, 0.3) is 6.08 Å². The minimum Gasteiger partial charge on any atom is -0.465 e. The molecule has 0 saturated heterocycles. The third-order valence-corrected chi connectivity index (χ3v) is 7.01. The van der Waals surface area contributed by atoms with Crippen LogP contribution in [-0.4, -0.2) is 30.2 Å². The van der Waals surface area contributed by atoms with Crippen LogP contribution in [0.15, 0.2) is 58.3 Å². The fourth-order valence-electron chi connectivity index (χ4n) is 4.58. The van der Waals surface area contributed by atoms with Crippen LogP contribution in [0, 0.1) is 5.92 Å². The molecule has 3 atom stereocenters. The van der Waals surface area contributed by atoms with Crippen LogP contribution in [0.5, 0.6) is 5.75 Å². The zero-order valence-electron chi connectivity index (χ0n) is 17.8. The van der Waals surface area contributed by atoms with Crippen molar-refractivity contribution in [2.75, 3.05) is 19.0 Å². The van der Waals surface area contributed by atoms with Gasteiger partial charge in [-0.05, 0) is 43.7 Å². The van der Waals surface area contributed by atoms with Gasteiger partial charge in [-0.3, -0.25) is 14.2 Å². The first-order chi connectivity index (χ1) is 14.8. The summed E-state index contributed by atoms with van der Waals surface area (Å²) in [6, 6.07) is 15.2. The van der Waals surface area contributed by atoms with Crippen molar-refractivity contribution in [2.45, 2.75) is 25.6 Å². The van der Waals surface area contributed by atoms with Crippen LogP contribution >= 0.6 is 11.3 Å². The first kappa shape index (κ1) is 19.8. The van der Waals surface area contributed by atoms with Gasteiger partial charge < -0.3 is 9.64 Å². The maximum atomic E-state index is 13.5. The van der Waals surface area contributed by atoms with Crippen molar-refractivity contribution in [1.82, 2.24) is 4.57 Å². The summed E-state index contributed by atoms with van der Waals surface area (Å²) in [7, 11) is 3.98. The molecule has 2 bridgehead atoms. The Balaban J connectivity index is 1.73. The largest absolute Gasteiger partial charge is 0.465 e. The molecule has 0 radical (unpaired) electrons. The van der Waals surface area contributed by atoms with Crippen LogP contribution in [0.1, 0.15) is 31.0 Å². The summed E-state index contributed by atoms with van der Waals surface area (Å²) in [4.78, 5) is 33.6. The van der Waals surface area contributed by atoms with Crippen LogP contribution in [0.3, 0.4) is 0 Å². The van der Waals surface area contributed by atoms with Gasteiger partial charge in [-0.25, -0.2) is 4.99 Å². The Morgan fingerprint density at radius 3 is 2.58 bits per heavy atom. The molecule has 7 heteroatoms. The molecule has 2 aliphatic rings. The number of aromatic nitrogens is 1. The first-order valence-corrected chi connectivity index (χ1v) is 11.0. The van der Waals surface area contributed by atoms with Gasteiger partial charge in [0.1, 0.15) is 17.5 Å². The van der Waals surface area contributed by atoms with E-state index in [1.807, 2.05) is 80.5 Å². The van der Waals surface area contributed by atoms with E-state index in [1.54, 1.807) is 11.5 Å². The lowest BCUT2D eigenvalue weighted by atomic mass is 9.79. The van der Waals surface area contributed by atoms with Crippen molar-refractivity contribution in [3.63, 3.8) is 0 Å². The van der Waals surface area contributed by atoms with Gasteiger partial charge in [-0.2, -0.15) is 0 Å². The molecule has 158 valence electrons. The Kier molecular flexibility index (Phi) is 4.41. The molecule has 1 aromatic heterocycles. The molecule has 31 heavy (non-hydrogen) atoms. The van der Waals surface area contributed by atoms with Crippen molar-refractivity contribution in [1.29, 1.82) is 0 Å². The van der Waals surface area contributed by atoms with Crippen molar-refractivity contribution in [2.24, 2.45) is 10.9 Å². The molecule has 5 rings (SSSR count). The summed E-state index contributed by atoms with van der Waals surface area (Å²) in [6.07, 6.45) is 1.88. The number of para-hydroxylation sites is 1. The number of rotatable bonds is 3. The van der Waals surface area contributed by atoms with Gasteiger partial charge in [-0.15, -0.1) is 0 Å². The number of hydrogen-bond acceptors (Lipinski definition) is 6. The molecule has 3 heterocycles. The lowest BCUT2D eigenvalue weighted by Crippen LogP contribution is -2.58. The number of Topliss-reactive ketones (excluding diaryl/α,β-unsaturated/α-hetero) is 1. The summed E-state index contributed by atoms with van der Waals surface area (Å²) in [5.74, 6) is 0.0681. The van der Waals surface area contributed by atoms with Crippen molar-refractivity contribution in [3.8, 4) is 5.75 Å². The second-order valence-electron chi connectivity index (χ2n) is 8.39. The molecule has 0 spiro atoms. The SMILES string of the molecule is CC(=O)[C@@H]1[C@H]2c3ccccc3O[C@]1(C)N=c1s/c(=C/c3ccc(N(C)C)cc3)c(=O)n12. The number of anilines is 1. The molecular weight excluding hydrogens is 410 g/mol. The van der Waals surface area contributed by atoms with Crippen molar-refractivity contribution in [3.05, 3.63) is 79.3 Å². The highest BCUT2D eigenvalue weighted by Crippen LogP contribution is 2.47. The molecule has 0 saturated carbocycles. The summed E-state index contributed by atoms with van der Waals surface area (Å²) in [5, 5.41) is 0. The maximum absolute atomic E-state index is 13.5. The number of ether oxygens (including phenoxy) is 1. The molecule has 0 fully saturated rings. The summed E-state index contributed by atoms with van der Waals surface area (Å²) >= 11 is 1.34. The first-order valence-electron chi connectivity index (χ1n) is 10.2. The monoisotopic (exact) mass is 433 g/mol. The van der Waals surface area contributed by atoms with Crippen molar-refractivity contribution >= 4 is 28.9 Å². The highest BCUT2D eigenvalue weighted by Gasteiger charge is 2.53. The van der Waals surface area contributed by atoms with Gasteiger partial charge in [-0.1, -0.05) is 41.7 Å². The number of nitrogens with zero attached hydrogens (tertiary/aromatic N) is 3. The molecule has 2 aromatic carbocycles. The summed E-state index contributed by atoms with van der Waals surface area (Å²) in [5.41, 5.74) is 1.71. The summed E-state index contributed by atoms with van der Waals surface area (Å²) in [6.45, 7) is 3.38. The molecule has 0 N–H and O–H groups in total. The van der Waals surface area contributed by atoms with E-state index in [4.69, 9.17) is 9.73 Å². The quantitative estimate of drug-likeness (QED) is 0.636. The number of fused-ring (bicyclic) bond motifs is 6. The van der Waals surface area contributed by atoms with Gasteiger partial charge >= 0.3 is 0 Å². The highest BCUT2D eigenvalue weighted by molar-refractivity contribution is 7.07. The van der Waals surface area contributed by atoms with Crippen LogP contribution in [-0.2, 0) is 4.79 Å². The number of thiazole rings is 1. The Hall–Kier alpha value is -3.19. The molecule has 3 aromatic rings. The Morgan fingerprint density at radius 1 is 1.19 bits per heavy atom. The maximum Gasteiger partial charge on any atom is 0.270 e. The zero-order chi connectivity index (χ0) is 21.9. The van der Waals surface area contributed by atoms with E-state index >= 15 is 0 Å². The van der Waals surface area contributed by atoms with Crippen LogP contribution in [0.2, 0.25) is 0 Å². The van der Waals surface area contributed by atoms with E-state index in [0.29, 0.717) is 15.1 Å². The topological polar surface area (TPSA) is 63.9 Å². The lowest BCUT2D eigenvalue weighted by molar-refractivity contribution is -0.132. The Bertz CT molecular complexity index is 1370. The molecule has 2 aliphatic heterocycles. The van der Waals surface area contributed by atoms with Gasteiger partial charge in [0.15, 0.2) is 4.80 Å². The third-order valence-electron chi connectivity index (χ3n) is 6.02. The molecule has 0 unspecified atom stereocenters. The zero-order valence-corrected chi connectivity index (χ0v) is 18.6. The number of hydrogen-bond donors (Lipinski definition) is 0. The number of benzene rings is 2. The minimum absolute atomic E-state index is 0.0423. The summed E-state index contributed by atoms with van der Waals surface area (Å²) < 4.78 is 8.48. The van der Waals surface area contributed by atoms with Crippen molar-refractivity contribution < 1.29 is 9.53 Å². The fourth-order valence-corrected chi connectivity index (χ4v) is 5.68. The van der Waals surface area contributed by atoms with E-state index in [0.717, 1.165) is 16.8 Å². The normalized spacial score (nSPS) is 23.9. The van der Waals surface area contributed by atoms with Gasteiger partial charge in [0.05, 0.1) is 10.6 Å². The molecule has 0 amide bonds. The number of carbonyl (C=O) groups excluding carboxylic acids is 1. The predicted octanol–water partition coefficient (Wildman–Crippen LogP) is 2.34. The van der Waals surface area contributed by atoms with E-state index in [9.17, 15) is 9.59 Å². The van der Waals surface area contributed by atoms with Crippen LogP contribution in [0.4, 0.5) is 5.69 Å². The lowest BCUT2D eigenvalue weighted by Gasteiger charge is -2.45. The minimum atomic E-state index is -1.03. The van der Waals surface area contributed by atoms with E-state index in [1.165, 1.54) is 11.3 Å². The smallest absolute Gasteiger partial charge is 0.270 e. The van der Waals surface area contributed by atoms with Gasteiger partial charge in [0.2, 0.25) is 5.72 Å². The van der Waals surface area contributed by atoms with E-state index in [-0.39, 0.29) is 11.3 Å². The van der Waals surface area contributed by atoms with E-state index < -0.39 is 17.7 Å². The van der Waals surface area contributed by atoms with Crippen LogP contribution < -0.4 is 24.5 Å². The third kappa shape index (κ3) is 3.03. The average molecular weight is 434 g/mol. The van der Waals surface area contributed by atoms with Gasteiger partial charge in [0, 0.05) is 25.3 Å². The van der Waals surface area contributed by atoms with E-state index in [2.05, 4.69) is 0 Å². The Labute approximate surface area is 183 Å². The average Bonchev–Trinajstić information content (AvgIpc) is 3.01. The number of carbonyl (C=O) groups is 1. The van der Waals surface area contributed by atoms with Gasteiger partial charge in [0.25, 0.3) is 5.56 Å². The molecule has 0 aliphatic carbocycles. The highest BCUT2D eigenvalue weighted by atomic mass is 32.1. The fraction of sp³-hybridized carbons (Fsp3) is 0.292. The molecular formula is C24H23N3O3S. The molecule has 6 nitrogen and oxygen atoms in total. The standard InChI is InChI=1S/C24H23N3O3S/c1-14(28)20-21-17-7-5-6-8-18(17)30-24(20,2)25-23-27(21)22(29)19(31-23)13-15-9-11-16(12-10-15)26(3)4/h5-13,20-21H,1-4H3/b19-13+/t20-,21-,24+/m1/s1. The number of ketones is 1. The second kappa shape index (κ2) is 6.92.